The Labute approximate surface area is 164 Å². The minimum absolute atomic E-state index is 0.0181. The van der Waals surface area contributed by atoms with Gasteiger partial charge >= 0.3 is 6.18 Å². The van der Waals surface area contributed by atoms with Crippen molar-refractivity contribution in [3.05, 3.63) is 53.2 Å². The molecular weight excluding hydrogens is 389 g/mol. The summed E-state index contributed by atoms with van der Waals surface area (Å²) in [5, 5.41) is 6.22. The Morgan fingerprint density at radius 2 is 2.03 bits per heavy atom. The zero-order valence-electron chi connectivity index (χ0n) is 15.6. The van der Waals surface area contributed by atoms with E-state index >= 15 is 0 Å². The van der Waals surface area contributed by atoms with Crippen LogP contribution in [0.25, 0.3) is 6.08 Å². The second-order valence-electron chi connectivity index (χ2n) is 6.68. The number of carbonyl (C=O) groups excluding carboxylic acids is 2. The van der Waals surface area contributed by atoms with Crippen molar-refractivity contribution in [2.24, 2.45) is 0 Å². The number of rotatable bonds is 5. The van der Waals surface area contributed by atoms with Gasteiger partial charge in [0.2, 0.25) is 17.7 Å². The molecule has 1 aromatic heterocycles. The number of aromatic nitrogens is 2. The van der Waals surface area contributed by atoms with Crippen LogP contribution < -0.4 is 5.32 Å². The van der Waals surface area contributed by atoms with Crippen molar-refractivity contribution in [1.82, 2.24) is 20.4 Å². The highest BCUT2D eigenvalue weighted by Gasteiger charge is 2.31. The Kier molecular flexibility index (Phi) is 6.00. The summed E-state index contributed by atoms with van der Waals surface area (Å²) in [5.74, 6) is 0.273. The van der Waals surface area contributed by atoms with E-state index in [0.29, 0.717) is 36.8 Å². The smallest absolute Gasteiger partial charge is 0.343 e. The quantitative estimate of drug-likeness (QED) is 0.769. The Balaban J connectivity index is 1.45. The van der Waals surface area contributed by atoms with Crippen LogP contribution in [0.3, 0.4) is 0 Å². The van der Waals surface area contributed by atoms with Crippen LogP contribution in [0.4, 0.5) is 13.2 Å². The van der Waals surface area contributed by atoms with Crippen LogP contribution in [0.15, 0.2) is 34.9 Å². The molecule has 1 aliphatic heterocycles. The number of aryl methyl sites for hydroxylation is 1. The molecule has 2 amide bonds. The number of nitrogens with one attached hydrogen (secondary N) is 1. The number of likely N-dealkylation sites (tertiary alicyclic amines) is 1. The first kappa shape index (κ1) is 20.6. The molecule has 0 unspecified atom stereocenters. The minimum atomic E-state index is -4.41. The number of halogens is 3. The van der Waals surface area contributed by atoms with Gasteiger partial charge in [-0.3, -0.25) is 9.59 Å². The molecular formula is C19H19F3N4O3. The van der Waals surface area contributed by atoms with E-state index in [-0.39, 0.29) is 18.4 Å². The molecule has 0 radical (unpaired) electrons. The monoisotopic (exact) mass is 408 g/mol. The van der Waals surface area contributed by atoms with Crippen LogP contribution in [0.5, 0.6) is 0 Å². The van der Waals surface area contributed by atoms with Gasteiger partial charge in [-0.2, -0.15) is 18.2 Å². The first-order chi connectivity index (χ1) is 13.7. The van der Waals surface area contributed by atoms with E-state index < -0.39 is 17.6 Å². The van der Waals surface area contributed by atoms with E-state index in [1.807, 2.05) is 0 Å². The van der Waals surface area contributed by atoms with Gasteiger partial charge in [-0.1, -0.05) is 17.3 Å². The average molecular weight is 408 g/mol. The molecule has 1 aromatic carbocycles. The molecule has 1 aliphatic rings. The molecule has 7 nitrogen and oxygen atoms in total. The van der Waals surface area contributed by atoms with Gasteiger partial charge in [0.15, 0.2) is 5.82 Å². The number of benzene rings is 1. The fourth-order valence-electron chi connectivity index (χ4n) is 2.96. The second-order valence-corrected chi connectivity index (χ2v) is 6.68. The number of nitrogens with zero attached hydrogens (tertiary/aromatic N) is 3. The number of carbonyl (C=O) groups is 2. The van der Waals surface area contributed by atoms with Gasteiger partial charge in [-0.25, -0.2) is 0 Å². The first-order valence-corrected chi connectivity index (χ1v) is 8.93. The summed E-state index contributed by atoms with van der Waals surface area (Å²) >= 11 is 0. The predicted octanol–water partition coefficient (Wildman–Crippen LogP) is 2.54. The molecule has 3 rings (SSSR count). The van der Waals surface area contributed by atoms with Crippen LogP contribution in [-0.2, 0) is 15.8 Å². The van der Waals surface area contributed by atoms with Crippen molar-refractivity contribution >= 4 is 17.9 Å². The van der Waals surface area contributed by atoms with Crippen LogP contribution in [0, 0.1) is 6.92 Å². The maximum absolute atomic E-state index is 12.5. The molecule has 0 saturated carbocycles. The summed E-state index contributed by atoms with van der Waals surface area (Å²) in [5.41, 5.74) is -0.319. The van der Waals surface area contributed by atoms with Crippen molar-refractivity contribution in [3.8, 4) is 0 Å². The normalized spacial score (nSPS) is 17.1. The topological polar surface area (TPSA) is 88.3 Å². The van der Waals surface area contributed by atoms with Crippen LogP contribution in [0.1, 0.15) is 35.2 Å². The van der Waals surface area contributed by atoms with Crippen molar-refractivity contribution in [2.45, 2.75) is 25.4 Å². The van der Waals surface area contributed by atoms with Gasteiger partial charge in [0.25, 0.3) is 0 Å². The minimum Gasteiger partial charge on any atom is -0.343 e. The molecule has 1 atom stereocenters. The lowest BCUT2D eigenvalue weighted by molar-refractivity contribution is -0.137. The Bertz CT molecular complexity index is 906. The van der Waals surface area contributed by atoms with Crippen molar-refractivity contribution in [3.63, 3.8) is 0 Å². The molecule has 0 spiro atoms. The molecule has 0 aliphatic carbocycles. The van der Waals surface area contributed by atoms with Gasteiger partial charge in [-0.05, 0) is 37.1 Å². The molecule has 1 N–H and O–H groups in total. The number of amides is 2. The molecule has 0 bridgehead atoms. The van der Waals surface area contributed by atoms with Crippen molar-refractivity contribution in [2.75, 3.05) is 19.6 Å². The lowest BCUT2D eigenvalue weighted by Gasteiger charge is -2.15. The molecule has 2 aromatic rings. The van der Waals surface area contributed by atoms with Gasteiger partial charge in [0.05, 0.1) is 18.0 Å². The molecule has 1 saturated heterocycles. The summed E-state index contributed by atoms with van der Waals surface area (Å²) in [6.45, 7) is 2.52. The fourth-order valence-corrected chi connectivity index (χ4v) is 2.96. The Morgan fingerprint density at radius 1 is 1.31 bits per heavy atom. The molecule has 2 heterocycles. The standard InChI is InChI=1S/C19H19F3N4O3/c1-12-24-18(29-25-12)14-8-9-26(11-14)17(28)10-23-16(27)7-4-13-2-5-15(6-3-13)19(20,21)22/h2-7,14H,8-11H2,1H3,(H,23,27)/b7-4+/t14-/m1/s1. The van der Waals surface area contributed by atoms with Gasteiger partial charge < -0.3 is 14.7 Å². The zero-order valence-corrected chi connectivity index (χ0v) is 15.6. The summed E-state index contributed by atoms with van der Waals surface area (Å²) in [6, 6.07) is 4.41. The average Bonchev–Trinajstić information content (AvgIpc) is 3.33. The van der Waals surface area contributed by atoms with Crippen LogP contribution >= 0.6 is 0 Å². The highest BCUT2D eigenvalue weighted by atomic mass is 19.4. The van der Waals surface area contributed by atoms with Gasteiger partial charge in [0, 0.05) is 19.2 Å². The highest BCUT2D eigenvalue weighted by molar-refractivity contribution is 5.94. The third kappa shape index (κ3) is 5.43. The van der Waals surface area contributed by atoms with E-state index in [9.17, 15) is 22.8 Å². The zero-order chi connectivity index (χ0) is 21.0. The lowest BCUT2D eigenvalue weighted by atomic mass is 10.1. The largest absolute Gasteiger partial charge is 0.416 e. The van der Waals surface area contributed by atoms with Crippen LogP contribution in [-0.4, -0.2) is 46.5 Å². The molecule has 29 heavy (non-hydrogen) atoms. The first-order valence-electron chi connectivity index (χ1n) is 8.93. The highest BCUT2D eigenvalue weighted by Crippen LogP contribution is 2.29. The van der Waals surface area contributed by atoms with E-state index in [1.54, 1.807) is 11.8 Å². The Hall–Kier alpha value is -3.17. The van der Waals surface area contributed by atoms with E-state index in [0.717, 1.165) is 12.1 Å². The van der Waals surface area contributed by atoms with Gasteiger partial charge in [0.1, 0.15) is 0 Å². The van der Waals surface area contributed by atoms with Crippen molar-refractivity contribution in [1.29, 1.82) is 0 Å². The van der Waals surface area contributed by atoms with Crippen LogP contribution in [0.2, 0.25) is 0 Å². The number of hydrogen-bond acceptors (Lipinski definition) is 5. The third-order valence-electron chi connectivity index (χ3n) is 4.51. The van der Waals surface area contributed by atoms with E-state index in [4.69, 9.17) is 4.52 Å². The van der Waals surface area contributed by atoms with E-state index in [1.165, 1.54) is 24.3 Å². The summed E-state index contributed by atoms with van der Waals surface area (Å²) in [6.07, 6.45) is -1.15. The lowest BCUT2D eigenvalue weighted by Crippen LogP contribution is -2.38. The summed E-state index contributed by atoms with van der Waals surface area (Å²) in [7, 11) is 0. The molecule has 10 heteroatoms. The molecule has 1 fully saturated rings. The molecule has 154 valence electrons. The van der Waals surface area contributed by atoms with E-state index in [2.05, 4.69) is 15.5 Å². The fraction of sp³-hybridized carbons (Fsp3) is 0.368. The third-order valence-corrected chi connectivity index (χ3v) is 4.51. The predicted molar refractivity (Wildman–Crippen MR) is 96.5 cm³/mol. The summed E-state index contributed by atoms with van der Waals surface area (Å²) in [4.78, 5) is 29.9. The maximum Gasteiger partial charge on any atom is 0.416 e. The Morgan fingerprint density at radius 3 is 2.66 bits per heavy atom. The second kappa shape index (κ2) is 8.46. The maximum atomic E-state index is 12.5. The number of hydrogen-bond donors (Lipinski definition) is 1. The van der Waals surface area contributed by atoms with Gasteiger partial charge in [-0.15, -0.1) is 0 Å². The van der Waals surface area contributed by atoms with Crippen molar-refractivity contribution < 1.29 is 27.3 Å². The SMILES string of the molecule is Cc1noc([C@@H]2CCN(C(=O)CNC(=O)/C=C/c3ccc(C(F)(F)F)cc3)C2)n1. The summed E-state index contributed by atoms with van der Waals surface area (Å²) < 4.78 is 42.7. The number of alkyl halides is 3.